The monoisotopic (exact) mass is 519 g/mol. The van der Waals surface area contributed by atoms with Gasteiger partial charge in [0.05, 0.1) is 11.0 Å². The van der Waals surface area contributed by atoms with Crippen LogP contribution in [0.3, 0.4) is 0 Å². The van der Waals surface area contributed by atoms with Crippen LogP contribution in [0.1, 0.15) is 0 Å². The van der Waals surface area contributed by atoms with Gasteiger partial charge >= 0.3 is 0 Å². The van der Waals surface area contributed by atoms with Gasteiger partial charge < -0.3 is 4.57 Å². The van der Waals surface area contributed by atoms with Gasteiger partial charge in [-0.25, -0.2) is 0 Å². The lowest BCUT2D eigenvalue weighted by molar-refractivity contribution is 1.18. The number of aromatic nitrogens is 1. The van der Waals surface area contributed by atoms with E-state index in [4.69, 9.17) is 0 Å². The number of para-hydroxylation sites is 2. The molecule has 190 valence electrons. The van der Waals surface area contributed by atoms with Crippen LogP contribution in [0, 0.1) is 0 Å². The molecule has 0 N–H and O–H groups in total. The average molecular weight is 520 g/mol. The molecule has 41 heavy (non-hydrogen) atoms. The van der Waals surface area contributed by atoms with Crippen LogP contribution >= 0.6 is 0 Å². The molecule has 0 aliphatic rings. The molecule has 0 saturated carbocycles. The normalized spacial score (nSPS) is 11.9. The van der Waals surface area contributed by atoms with Crippen LogP contribution < -0.4 is 0 Å². The summed E-state index contributed by atoms with van der Waals surface area (Å²) in [7, 11) is 0. The van der Waals surface area contributed by atoms with Gasteiger partial charge in [0.25, 0.3) is 0 Å². The Morgan fingerprint density at radius 3 is 1.83 bits per heavy atom. The standard InChI is InChI=1S/C40H25N/c1-2-11-29(12-3-1)41-38-17-9-8-15-33(38)34-22-19-27(25-39(34)41)37-24-28-20-21-32-30-13-5-4-10-26(30)18-23-36(32)40(28)35-16-7-6-14-31(35)37/h1-25H. The van der Waals surface area contributed by atoms with E-state index in [1.165, 1.54) is 81.7 Å². The van der Waals surface area contributed by atoms with Crippen LogP contribution in [0.2, 0.25) is 0 Å². The third kappa shape index (κ3) is 3.24. The molecule has 0 atom stereocenters. The fraction of sp³-hybridized carbons (Fsp3) is 0. The van der Waals surface area contributed by atoms with Gasteiger partial charge in [-0.15, -0.1) is 0 Å². The summed E-state index contributed by atoms with van der Waals surface area (Å²) in [5.74, 6) is 0. The van der Waals surface area contributed by atoms with Crippen LogP contribution in [0.4, 0.5) is 0 Å². The third-order valence-electron chi connectivity index (χ3n) is 8.74. The molecule has 0 aliphatic carbocycles. The van der Waals surface area contributed by atoms with E-state index in [0.717, 1.165) is 0 Å². The summed E-state index contributed by atoms with van der Waals surface area (Å²) >= 11 is 0. The molecule has 1 heterocycles. The summed E-state index contributed by atoms with van der Waals surface area (Å²) < 4.78 is 2.40. The van der Waals surface area contributed by atoms with E-state index >= 15 is 0 Å². The minimum Gasteiger partial charge on any atom is -0.309 e. The number of hydrogen-bond acceptors (Lipinski definition) is 0. The van der Waals surface area contributed by atoms with E-state index in [2.05, 4.69) is 156 Å². The molecule has 0 aliphatic heterocycles. The fourth-order valence-corrected chi connectivity index (χ4v) is 6.93. The molecule has 0 amide bonds. The van der Waals surface area contributed by atoms with Crippen LogP contribution in [0.15, 0.2) is 152 Å². The molecule has 1 aromatic heterocycles. The van der Waals surface area contributed by atoms with Crippen molar-refractivity contribution in [1.29, 1.82) is 0 Å². The van der Waals surface area contributed by atoms with Crippen molar-refractivity contribution in [3.05, 3.63) is 152 Å². The molecule has 0 fully saturated rings. The largest absolute Gasteiger partial charge is 0.309 e. The van der Waals surface area contributed by atoms with E-state index in [9.17, 15) is 0 Å². The lowest BCUT2D eigenvalue weighted by Crippen LogP contribution is -1.93. The van der Waals surface area contributed by atoms with Crippen molar-refractivity contribution in [3.63, 3.8) is 0 Å². The van der Waals surface area contributed by atoms with Crippen molar-refractivity contribution in [3.8, 4) is 16.8 Å². The molecule has 9 aromatic rings. The maximum atomic E-state index is 2.40. The Morgan fingerprint density at radius 2 is 0.951 bits per heavy atom. The Morgan fingerprint density at radius 1 is 0.341 bits per heavy atom. The molecule has 0 radical (unpaired) electrons. The predicted octanol–water partition coefficient (Wildman–Crippen LogP) is 11.1. The summed E-state index contributed by atoms with van der Waals surface area (Å²) in [5.41, 5.74) is 6.13. The van der Waals surface area contributed by atoms with Crippen LogP contribution in [0.25, 0.3) is 81.7 Å². The van der Waals surface area contributed by atoms with Crippen LogP contribution in [-0.4, -0.2) is 4.57 Å². The van der Waals surface area contributed by atoms with Crippen molar-refractivity contribution in [2.45, 2.75) is 0 Å². The molecule has 1 heteroatoms. The minimum atomic E-state index is 1.18. The van der Waals surface area contributed by atoms with Gasteiger partial charge in [-0.05, 0) is 84.5 Å². The van der Waals surface area contributed by atoms with Gasteiger partial charge in [-0.2, -0.15) is 0 Å². The lowest BCUT2D eigenvalue weighted by Gasteiger charge is -2.15. The number of nitrogens with zero attached hydrogens (tertiary/aromatic N) is 1. The Balaban J connectivity index is 1.37. The average Bonchev–Trinajstić information content (AvgIpc) is 3.38. The van der Waals surface area contributed by atoms with Gasteiger partial charge in [0.15, 0.2) is 0 Å². The van der Waals surface area contributed by atoms with E-state index in [1.54, 1.807) is 0 Å². The first-order valence-corrected chi connectivity index (χ1v) is 14.2. The molecule has 0 spiro atoms. The lowest BCUT2D eigenvalue weighted by atomic mass is 9.89. The molecular formula is C40H25N. The van der Waals surface area contributed by atoms with E-state index in [-0.39, 0.29) is 0 Å². The second-order valence-electron chi connectivity index (χ2n) is 10.9. The molecule has 1 nitrogen and oxygen atoms in total. The Hall–Kier alpha value is -5.40. The van der Waals surface area contributed by atoms with E-state index < -0.39 is 0 Å². The fourth-order valence-electron chi connectivity index (χ4n) is 6.93. The highest BCUT2D eigenvalue weighted by Gasteiger charge is 2.16. The highest BCUT2D eigenvalue weighted by molar-refractivity contribution is 6.26. The van der Waals surface area contributed by atoms with E-state index in [1.807, 2.05) is 0 Å². The minimum absolute atomic E-state index is 1.18. The Bertz CT molecular complexity index is 2460. The topological polar surface area (TPSA) is 4.93 Å². The van der Waals surface area contributed by atoms with Crippen LogP contribution in [0.5, 0.6) is 0 Å². The summed E-state index contributed by atoms with van der Waals surface area (Å²) in [6.07, 6.45) is 0. The maximum Gasteiger partial charge on any atom is 0.0547 e. The van der Waals surface area contributed by atoms with Crippen LogP contribution in [-0.2, 0) is 0 Å². The van der Waals surface area contributed by atoms with Crippen molar-refractivity contribution in [2.75, 3.05) is 0 Å². The van der Waals surface area contributed by atoms with Gasteiger partial charge in [0.2, 0.25) is 0 Å². The smallest absolute Gasteiger partial charge is 0.0547 e. The first kappa shape index (κ1) is 22.4. The molecule has 0 unspecified atom stereocenters. The molecular weight excluding hydrogens is 494 g/mol. The number of benzene rings is 8. The molecule has 0 bridgehead atoms. The number of hydrogen-bond donors (Lipinski definition) is 0. The van der Waals surface area contributed by atoms with Crippen molar-refractivity contribution in [1.82, 2.24) is 4.57 Å². The summed E-state index contributed by atoms with van der Waals surface area (Å²) in [6, 6.07) is 55.5. The zero-order valence-corrected chi connectivity index (χ0v) is 22.4. The second kappa shape index (κ2) is 8.55. The first-order valence-electron chi connectivity index (χ1n) is 14.2. The highest BCUT2D eigenvalue weighted by atomic mass is 15.0. The summed E-state index contributed by atoms with van der Waals surface area (Å²) in [4.78, 5) is 0. The molecule has 0 saturated heterocycles. The zero-order valence-electron chi connectivity index (χ0n) is 22.4. The third-order valence-corrected chi connectivity index (χ3v) is 8.74. The highest BCUT2D eigenvalue weighted by Crippen LogP contribution is 2.41. The van der Waals surface area contributed by atoms with Crippen molar-refractivity contribution in [2.24, 2.45) is 0 Å². The quantitative estimate of drug-likeness (QED) is 0.200. The second-order valence-corrected chi connectivity index (χ2v) is 10.9. The summed E-state index contributed by atoms with van der Waals surface area (Å²) in [5, 5.41) is 12.9. The Labute approximate surface area is 237 Å². The zero-order chi connectivity index (χ0) is 26.9. The van der Waals surface area contributed by atoms with E-state index in [0.29, 0.717) is 0 Å². The predicted molar refractivity (Wildman–Crippen MR) is 176 cm³/mol. The number of rotatable bonds is 2. The van der Waals surface area contributed by atoms with Gasteiger partial charge in [-0.3, -0.25) is 0 Å². The molecule has 9 rings (SSSR count). The maximum absolute atomic E-state index is 2.40. The first-order chi connectivity index (χ1) is 20.3. The SMILES string of the molecule is c1ccc(-n2c3ccccc3c3ccc(-c4cc5ccc6c7ccccc7ccc6c5c5ccccc45)cc32)cc1. The Kier molecular flexibility index (Phi) is 4.67. The molecule has 8 aromatic carbocycles. The number of fused-ring (bicyclic) bond motifs is 10. The van der Waals surface area contributed by atoms with Gasteiger partial charge in [0.1, 0.15) is 0 Å². The van der Waals surface area contributed by atoms with Crippen molar-refractivity contribution >= 4 is 64.9 Å². The van der Waals surface area contributed by atoms with Gasteiger partial charge in [0, 0.05) is 16.5 Å². The van der Waals surface area contributed by atoms with Crippen molar-refractivity contribution < 1.29 is 0 Å². The summed E-state index contributed by atoms with van der Waals surface area (Å²) in [6.45, 7) is 0. The van der Waals surface area contributed by atoms with Gasteiger partial charge in [-0.1, -0.05) is 121 Å².